The van der Waals surface area contributed by atoms with Crippen LogP contribution >= 0.6 is 0 Å². The van der Waals surface area contributed by atoms with Crippen molar-refractivity contribution in [3.05, 3.63) is 60.1 Å². The summed E-state index contributed by atoms with van der Waals surface area (Å²) in [5, 5.41) is 6.74. The molecule has 0 radical (unpaired) electrons. The lowest BCUT2D eigenvalue weighted by Gasteiger charge is -2.24. The Kier molecular flexibility index (Phi) is 8.87. The minimum atomic E-state index is 0.144. The second-order valence-electron chi connectivity index (χ2n) is 6.93. The molecule has 6 nitrogen and oxygen atoms in total. The maximum absolute atomic E-state index is 5.81. The monoisotopic (exact) mass is 372 g/mol. The number of rotatable bonds is 10. The van der Waals surface area contributed by atoms with Gasteiger partial charge in [0.15, 0.2) is 5.96 Å². The Balaban J connectivity index is 1.69. The lowest BCUT2D eigenvalue weighted by atomic mass is 10.2. The van der Waals surface area contributed by atoms with Crippen molar-refractivity contribution in [1.82, 2.24) is 15.5 Å². The van der Waals surface area contributed by atoms with Crippen LogP contribution in [0.5, 0.6) is 0 Å². The zero-order valence-electron chi connectivity index (χ0n) is 16.8. The van der Waals surface area contributed by atoms with Crippen molar-refractivity contribution in [2.75, 3.05) is 40.8 Å². The maximum Gasteiger partial charge on any atom is 0.191 e. The van der Waals surface area contributed by atoms with E-state index in [1.54, 1.807) is 13.3 Å². The number of hydrogen-bond donors (Lipinski definition) is 2. The molecule has 0 aliphatic rings. The number of guanidine groups is 1. The van der Waals surface area contributed by atoms with Gasteiger partial charge in [-0.3, -0.25) is 9.89 Å². The van der Waals surface area contributed by atoms with Gasteiger partial charge in [-0.25, -0.2) is 0 Å². The maximum atomic E-state index is 5.81. The van der Waals surface area contributed by atoms with Gasteiger partial charge in [-0.2, -0.15) is 0 Å². The van der Waals surface area contributed by atoms with E-state index in [9.17, 15) is 0 Å². The summed E-state index contributed by atoms with van der Waals surface area (Å²) in [6, 6.07) is 14.3. The van der Waals surface area contributed by atoms with E-state index in [1.165, 1.54) is 5.56 Å². The van der Waals surface area contributed by atoms with Gasteiger partial charge in [0, 0.05) is 20.1 Å². The summed E-state index contributed by atoms with van der Waals surface area (Å²) in [6.07, 6.45) is 1.70. The molecule has 1 aromatic carbocycles. The van der Waals surface area contributed by atoms with Crippen molar-refractivity contribution in [3.63, 3.8) is 0 Å². The van der Waals surface area contributed by atoms with E-state index in [4.69, 9.17) is 9.15 Å². The van der Waals surface area contributed by atoms with Gasteiger partial charge < -0.3 is 19.8 Å². The highest BCUT2D eigenvalue weighted by Gasteiger charge is 2.17. The summed E-state index contributed by atoms with van der Waals surface area (Å²) in [7, 11) is 5.86. The SMILES string of the molecule is CN=C(NCC(C)COCc1ccccc1)NCC(c1ccco1)N(C)C. The third-order valence-corrected chi connectivity index (χ3v) is 4.31. The van der Waals surface area contributed by atoms with Gasteiger partial charge in [0.2, 0.25) is 0 Å². The molecule has 0 spiro atoms. The number of ether oxygens (including phenoxy) is 1. The molecule has 0 saturated heterocycles. The second-order valence-corrected chi connectivity index (χ2v) is 6.93. The molecule has 27 heavy (non-hydrogen) atoms. The van der Waals surface area contributed by atoms with Crippen LogP contribution in [0.25, 0.3) is 0 Å². The molecule has 0 aliphatic carbocycles. The second kappa shape index (κ2) is 11.4. The molecule has 2 rings (SSSR count). The molecule has 0 fully saturated rings. The van der Waals surface area contributed by atoms with Gasteiger partial charge in [0.1, 0.15) is 5.76 Å². The zero-order chi connectivity index (χ0) is 19.5. The van der Waals surface area contributed by atoms with Gasteiger partial charge in [-0.05, 0) is 37.7 Å². The minimum Gasteiger partial charge on any atom is -0.468 e. The number of aliphatic imine (C=N–C) groups is 1. The van der Waals surface area contributed by atoms with E-state index in [-0.39, 0.29) is 6.04 Å². The summed E-state index contributed by atoms with van der Waals surface area (Å²) in [5.74, 6) is 2.09. The van der Waals surface area contributed by atoms with Crippen molar-refractivity contribution in [2.24, 2.45) is 10.9 Å². The third-order valence-electron chi connectivity index (χ3n) is 4.31. The molecule has 2 N–H and O–H groups in total. The summed E-state index contributed by atoms with van der Waals surface area (Å²) < 4.78 is 11.4. The van der Waals surface area contributed by atoms with Crippen LogP contribution in [0.2, 0.25) is 0 Å². The van der Waals surface area contributed by atoms with Crippen LogP contribution < -0.4 is 10.6 Å². The van der Waals surface area contributed by atoms with Gasteiger partial charge in [-0.15, -0.1) is 0 Å². The van der Waals surface area contributed by atoms with Gasteiger partial charge in [0.25, 0.3) is 0 Å². The van der Waals surface area contributed by atoms with Crippen LogP contribution in [0.4, 0.5) is 0 Å². The summed E-state index contributed by atoms with van der Waals surface area (Å²) >= 11 is 0. The molecular weight excluding hydrogens is 340 g/mol. The quantitative estimate of drug-likeness (QED) is 0.496. The first-order valence-corrected chi connectivity index (χ1v) is 9.36. The fourth-order valence-electron chi connectivity index (χ4n) is 2.71. The summed E-state index contributed by atoms with van der Waals surface area (Å²) in [6.45, 7) is 5.01. The standard InChI is InChI=1S/C21H32N4O2/c1-17(15-26-16-18-9-6-5-7-10-18)13-23-21(22-2)24-14-19(25(3)4)20-11-8-12-27-20/h5-12,17,19H,13-16H2,1-4H3,(H2,22,23,24). The number of nitrogens with zero attached hydrogens (tertiary/aromatic N) is 2. The molecule has 6 heteroatoms. The molecule has 2 atom stereocenters. The van der Waals surface area contributed by atoms with Crippen LogP contribution in [0.1, 0.15) is 24.3 Å². The number of benzene rings is 1. The Morgan fingerprint density at radius 2 is 1.85 bits per heavy atom. The number of furan rings is 1. The van der Waals surface area contributed by atoms with E-state index in [0.717, 1.165) is 18.3 Å². The Labute approximate surface area is 162 Å². The molecule has 2 aromatic rings. The predicted molar refractivity (Wildman–Crippen MR) is 110 cm³/mol. The van der Waals surface area contributed by atoms with Crippen LogP contribution in [0, 0.1) is 5.92 Å². The summed E-state index contributed by atoms with van der Waals surface area (Å²) in [5.41, 5.74) is 1.20. The Morgan fingerprint density at radius 1 is 1.11 bits per heavy atom. The molecule has 0 aliphatic heterocycles. The largest absolute Gasteiger partial charge is 0.468 e. The highest BCUT2D eigenvalue weighted by atomic mass is 16.5. The molecule has 1 aromatic heterocycles. The van der Waals surface area contributed by atoms with Crippen LogP contribution in [0.15, 0.2) is 58.1 Å². The van der Waals surface area contributed by atoms with Crippen molar-refractivity contribution >= 4 is 5.96 Å². The first-order valence-electron chi connectivity index (χ1n) is 9.36. The molecule has 2 unspecified atom stereocenters. The number of hydrogen-bond acceptors (Lipinski definition) is 4. The lowest BCUT2D eigenvalue weighted by Crippen LogP contribution is -2.43. The number of nitrogens with one attached hydrogen (secondary N) is 2. The van der Waals surface area contributed by atoms with E-state index in [0.29, 0.717) is 25.7 Å². The smallest absolute Gasteiger partial charge is 0.191 e. The molecule has 0 amide bonds. The van der Waals surface area contributed by atoms with Crippen molar-refractivity contribution < 1.29 is 9.15 Å². The zero-order valence-corrected chi connectivity index (χ0v) is 16.8. The van der Waals surface area contributed by atoms with E-state index in [1.807, 2.05) is 44.4 Å². The molecule has 1 heterocycles. The highest BCUT2D eigenvalue weighted by Crippen LogP contribution is 2.17. The molecule has 148 valence electrons. The Hall–Kier alpha value is -2.31. The van der Waals surface area contributed by atoms with Gasteiger partial charge in [-0.1, -0.05) is 37.3 Å². The average Bonchev–Trinajstić information content (AvgIpc) is 3.19. The van der Waals surface area contributed by atoms with Crippen LogP contribution in [0.3, 0.4) is 0 Å². The van der Waals surface area contributed by atoms with E-state index in [2.05, 4.69) is 39.6 Å². The van der Waals surface area contributed by atoms with Crippen molar-refractivity contribution in [1.29, 1.82) is 0 Å². The van der Waals surface area contributed by atoms with Gasteiger partial charge in [0.05, 0.1) is 25.5 Å². The summed E-state index contributed by atoms with van der Waals surface area (Å²) in [4.78, 5) is 6.43. The lowest BCUT2D eigenvalue weighted by molar-refractivity contribution is 0.0931. The Morgan fingerprint density at radius 3 is 2.48 bits per heavy atom. The minimum absolute atomic E-state index is 0.144. The topological polar surface area (TPSA) is 62.0 Å². The first-order chi connectivity index (χ1) is 13.1. The number of likely N-dealkylation sites (N-methyl/N-ethyl adjacent to an activating group) is 1. The fraction of sp³-hybridized carbons (Fsp3) is 0.476. The first kappa shape index (κ1) is 21.0. The van der Waals surface area contributed by atoms with Crippen molar-refractivity contribution in [3.8, 4) is 0 Å². The molecule has 0 bridgehead atoms. The fourth-order valence-corrected chi connectivity index (χ4v) is 2.71. The van der Waals surface area contributed by atoms with E-state index < -0.39 is 0 Å². The molecular formula is C21H32N4O2. The Bertz CT molecular complexity index is 656. The van der Waals surface area contributed by atoms with E-state index >= 15 is 0 Å². The van der Waals surface area contributed by atoms with Crippen LogP contribution in [-0.2, 0) is 11.3 Å². The molecule has 0 saturated carbocycles. The predicted octanol–water partition coefficient (Wildman–Crippen LogP) is 2.90. The van der Waals surface area contributed by atoms with Crippen LogP contribution in [-0.4, -0.2) is 51.7 Å². The van der Waals surface area contributed by atoms with Crippen molar-refractivity contribution in [2.45, 2.75) is 19.6 Å². The average molecular weight is 373 g/mol. The normalized spacial score (nSPS) is 14.2. The van der Waals surface area contributed by atoms with Gasteiger partial charge >= 0.3 is 0 Å². The highest BCUT2D eigenvalue weighted by molar-refractivity contribution is 5.79. The third kappa shape index (κ3) is 7.45.